The van der Waals surface area contributed by atoms with Crippen molar-refractivity contribution >= 4 is 0 Å². The first-order chi connectivity index (χ1) is 14.2. The normalized spacial score (nSPS) is 26.1. The minimum Gasteiger partial charge on any atom is -0.508 e. The van der Waals surface area contributed by atoms with Gasteiger partial charge in [-0.05, 0) is 66.1 Å². The number of phenols is 1. The van der Waals surface area contributed by atoms with Gasteiger partial charge in [-0.2, -0.15) is 0 Å². The van der Waals surface area contributed by atoms with E-state index in [1.165, 1.54) is 22.3 Å². The predicted octanol–water partition coefficient (Wildman–Crippen LogP) is 5.19. The SMILES string of the molecule is CC1C2Cc3ccc(O)cc3C1(c1ccccc1)CCN2CCc1ccccc1. The molecule has 3 aromatic carbocycles. The Morgan fingerprint density at radius 1 is 0.966 bits per heavy atom. The second kappa shape index (κ2) is 7.35. The molecule has 0 amide bonds. The highest BCUT2D eigenvalue weighted by atomic mass is 16.3. The average Bonchev–Trinajstić information content (AvgIpc) is 2.76. The maximum Gasteiger partial charge on any atom is 0.115 e. The number of hydrogen-bond acceptors (Lipinski definition) is 2. The van der Waals surface area contributed by atoms with Crippen molar-refractivity contribution in [3.8, 4) is 5.75 Å². The number of nitrogens with zero attached hydrogens (tertiary/aromatic N) is 1. The van der Waals surface area contributed by atoms with Crippen LogP contribution in [0.15, 0.2) is 78.9 Å². The van der Waals surface area contributed by atoms with Gasteiger partial charge in [-0.15, -0.1) is 0 Å². The minimum absolute atomic E-state index is 0.0124. The number of likely N-dealkylation sites (tertiary alicyclic amines) is 1. The molecule has 1 aliphatic carbocycles. The zero-order chi connectivity index (χ0) is 19.8. The molecule has 0 saturated carbocycles. The molecular formula is C27H29NO. The topological polar surface area (TPSA) is 23.5 Å². The molecule has 2 heteroatoms. The fraction of sp³-hybridized carbons (Fsp3) is 0.333. The quantitative estimate of drug-likeness (QED) is 0.670. The summed E-state index contributed by atoms with van der Waals surface area (Å²) in [7, 11) is 0. The zero-order valence-corrected chi connectivity index (χ0v) is 17.1. The second-order valence-corrected chi connectivity index (χ2v) is 8.76. The van der Waals surface area contributed by atoms with Crippen LogP contribution >= 0.6 is 0 Å². The van der Waals surface area contributed by atoms with Crippen LogP contribution < -0.4 is 0 Å². The fourth-order valence-electron chi connectivity index (χ4n) is 5.92. The summed E-state index contributed by atoms with van der Waals surface area (Å²) in [6, 6.07) is 28.4. The number of phenolic OH excluding ortho intramolecular Hbond substituents is 1. The lowest BCUT2D eigenvalue weighted by molar-refractivity contribution is 0.0417. The smallest absolute Gasteiger partial charge is 0.115 e. The number of aromatic hydroxyl groups is 1. The highest BCUT2D eigenvalue weighted by molar-refractivity contribution is 5.51. The van der Waals surface area contributed by atoms with Crippen LogP contribution in [-0.2, 0) is 18.3 Å². The van der Waals surface area contributed by atoms with Crippen LogP contribution in [-0.4, -0.2) is 29.1 Å². The van der Waals surface area contributed by atoms with E-state index in [0.29, 0.717) is 17.7 Å². The molecule has 1 N–H and O–H groups in total. The number of fused-ring (bicyclic) bond motifs is 4. The average molecular weight is 384 g/mol. The Morgan fingerprint density at radius 3 is 2.45 bits per heavy atom. The van der Waals surface area contributed by atoms with Gasteiger partial charge in [0.2, 0.25) is 0 Å². The molecular weight excluding hydrogens is 354 g/mol. The predicted molar refractivity (Wildman–Crippen MR) is 118 cm³/mol. The molecule has 1 saturated heterocycles. The summed E-state index contributed by atoms with van der Waals surface area (Å²) >= 11 is 0. The molecule has 2 aliphatic rings. The summed E-state index contributed by atoms with van der Waals surface area (Å²) in [4.78, 5) is 2.72. The molecule has 1 fully saturated rings. The van der Waals surface area contributed by atoms with E-state index in [1.807, 2.05) is 12.1 Å². The third-order valence-electron chi connectivity index (χ3n) is 7.44. The summed E-state index contributed by atoms with van der Waals surface area (Å²) in [5.41, 5.74) is 5.55. The van der Waals surface area contributed by atoms with Gasteiger partial charge in [-0.3, -0.25) is 4.90 Å². The number of benzene rings is 3. The van der Waals surface area contributed by atoms with E-state index >= 15 is 0 Å². The van der Waals surface area contributed by atoms with E-state index in [-0.39, 0.29) is 5.41 Å². The van der Waals surface area contributed by atoms with E-state index in [9.17, 15) is 5.11 Å². The van der Waals surface area contributed by atoms with Crippen LogP contribution in [0.1, 0.15) is 35.6 Å². The lowest BCUT2D eigenvalue weighted by Gasteiger charge is -2.56. The minimum atomic E-state index is -0.0124. The van der Waals surface area contributed by atoms with Crippen LogP contribution in [0.2, 0.25) is 0 Å². The third-order valence-corrected chi connectivity index (χ3v) is 7.44. The molecule has 29 heavy (non-hydrogen) atoms. The van der Waals surface area contributed by atoms with E-state index in [1.54, 1.807) is 0 Å². The largest absolute Gasteiger partial charge is 0.508 e. The van der Waals surface area contributed by atoms with Crippen LogP contribution in [0.3, 0.4) is 0 Å². The number of hydrogen-bond donors (Lipinski definition) is 1. The number of piperidine rings is 1. The van der Waals surface area contributed by atoms with Crippen molar-refractivity contribution in [3.05, 3.63) is 101 Å². The first kappa shape index (κ1) is 18.4. The summed E-state index contributed by atoms with van der Waals surface area (Å²) in [6.45, 7) is 4.64. The molecule has 1 heterocycles. The monoisotopic (exact) mass is 383 g/mol. The zero-order valence-electron chi connectivity index (χ0n) is 17.1. The van der Waals surface area contributed by atoms with Gasteiger partial charge < -0.3 is 5.11 Å². The standard InChI is InChI=1S/C27H29NO/c1-20-26-18-22-12-13-24(29)19-25(22)27(20,23-10-6-3-7-11-23)15-17-28(26)16-14-21-8-4-2-5-9-21/h2-13,19-20,26,29H,14-18H2,1H3. The molecule has 148 valence electrons. The first-order valence-electron chi connectivity index (χ1n) is 10.8. The molecule has 2 bridgehead atoms. The highest BCUT2D eigenvalue weighted by Gasteiger charge is 2.52. The molecule has 0 aromatic heterocycles. The van der Waals surface area contributed by atoms with Crippen LogP contribution in [0.4, 0.5) is 0 Å². The summed E-state index contributed by atoms with van der Waals surface area (Å²) in [5.74, 6) is 0.889. The van der Waals surface area contributed by atoms with E-state index in [0.717, 1.165) is 32.4 Å². The van der Waals surface area contributed by atoms with Crippen molar-refractivity contribution in [2.75, 3.05) is 13.1 Å². The van der Waals surface area contributed by atoms with Crippen LogP contribution in [0.5, 0.6) is 5.75 Å². The molecule has 0 radical (unpaired) electrons. The Hall–Kier alpha value is -2.58. The Morgan fingerprint density at radius 2 is 1.69 bits per heavy atom. The Labute approximate surface area is 173 Å². The maximum atomic E-state index is 10.3. The second-order valence-electron chi connectivity index (χ2n) is 8.76. The molecule has 5 rings (SSSR count). The van der Waals surface area contributed by atoms with Gasteiger partial charge in [0.1, 0.15) is 5.75 Å². The van der Waals surface area contributed by atoms with E-state index in [4.69, 9.17) is 0 Å². The van der Waals surface area contributed by atoms with Gasteiger partial charge in [0.15, 0.2) is 0 Å². The molecule has 1 aliphatic heterocycles. The van der Waals surface area contributed by atoms with Crippen molar-refractivity contribution in [2.24, 2.45) is 5.92 Å². The van der Waals surface area contributed by atoms with Crippen LogP contribution in [0.25, 0.3) is 0 Å². The van der Waals surface area contributed by atoms with Crippen LogP contribution in [0, 0.1) is 5.92 Å². The number of rotatable bonds is 4. The third kappa shape index (κ3) is 3.07. The Bertz CT molecular complexity index is 984. The summed E-state index contributed by atoms with van der Waals surface area (Å²) in [5, 5.41) is 10.3. The van der Waals surface area contributed by atoms with Gasteiger partial charge in [-0.1, -0.05) is 73.7 Å². The van der Waals surface area contributed by atoms with Gasteiger partial charge >= 0.3 is 0 Å². The first-order valence-corrected chi connectivity index (χ1v) is 10.8. The fourth-order valence-corrected chi connectivity index (χ4v) is 5.92. The van der Waals surface area contributed by atoms with Gasteiger partial charge in [-0.25, -0.2) is 0 Å². The lowest BCUT2D eigenvalue weighted by Crippen LogP contribution is -2.59. The molecule has 3 atom stereocenters. The molecule has 2 nitrogen and oxygen atoms in total. The Balaban J connectivity index is 1.52. The molecule has 3 unspecified atom stereocenters. The van der Waals surface area contributed by atoms with Crippen molar-refractivity contribution in [3.63, 3.8) is 0 Å². The van der Waals surface area contributed by atoms with E-state index in [2.05, 4.69) is 78.6 Å². The molecule has 0 spiro atoms. The van der Waals surface area contributed by atoms with Gasteiger partial charge in [0.05, 0.1) is 0 Å². The van der Waals surface area contributed by atoms with Gasteiger partial charge in [0.25, 0.3) is 0 Å². The maximum absolute atomic E-state index is 10.3. The van der Waals surface area contributed by atoms with Crippen molar-refractivity contribution in [1.29, 1.82) is 0 Å². The van der Waals surface area contributed by atoms with Gasteiger partial charge in [0, 0.05) is 18.0 Å². The summed E-state index contributed by atoms with van der Waals surface area (Å²) < 4.78 is 0. The molecule has 3 aromatic rings. The van der Waals surface area contributed by atoms with Crippen molar-refractivity contribution in [2.45, 2.75) is 37.6 Å². The van der Waals surface area contributed by atoms with E-state index < -0.39 is 0 Å². The highest BCUT2D eigenvalue weighted by Crippen LogP contribution is 2.53. The van der Waals surface area contributed by atoms with Crippen molar-refractivity contribution in [1.82, 2.24) is 4.90 Å². The summed E-state index contributed by atoms with van der Waals surface area (Å²) in [6.07, 6.45) is 3.27. The van der Waals surface area contributed by atoms with Crippen molar-refractivity contribution < 1.29 is 5.11 Å². The lowest BCUT2D eigenvalue weighted by atomic mass is 9.55. The Kier molecular flexibility index (Phi) is 4.67.